The van der Waals surface area contributed by atoms with E-state index in [1.54, 1.807) is 18.3 Å². The van der Waals surface area contributed by atoms with Crippen molar-refractivity contribution in [2.24, 2.45) is 0 Å². The number of aryl methyl sites for hydroxylation is 1. The number of alkyl halides is 1. The van der Waals surface area contributed by atoms with Crippen molar-refractivity contribution in [1.29, 1.82) is 0 Å². The lowest BCUT2D eigenvalue weighted by atomic mass is 10.1. The average molecular weight is 304 g/mol. The van der Waals surface area contributed by atoms with Crippen LogP contribution >= 0.6 is 11.6 Å². The van der Waals surface area contributed by atoms with Gasteiger partial charge in [-0.3, -0.25) is 0 Å². The minimum Gasteiger partial charge on any atom is -0.304 e. The Balaban J connectivity index is 2.18. The van der Waals surface area contributed by atoms with Gasteiger partial charge in [-0.1, -0.05) is 12.1 Å². The van der Waals surface area contributed by atoms with Crippen molar-refractivity contribution in [1.82, 2.24) is 14.5 Å². The number of benzene rings is 1. The summed E-state index contributed by atoms with van der Waals surface area (Å²) in [5.74, 6) is 0.833. The molecule has 0 amide bonds. The number of nitrogens with zero attached hydrogens (tertiary/aromatic N) is 3. The second kappa shape index (κ2) is 5.45. The van der Waals surface area contributed by atoms with Crippen LogP contribution < -0.4 is 0 Å². The molecule has 1 unspecified atom stereocenters. The first-order valence-electron chi connectivity index (χ1n) is 6.75. The third kappa shape index (κ3) is 2.40. The predicted octanol–water partition coefficient (Wildman–Crippen LogP) is 4.23. The molecule has 2 aromatic heterocycles. The number of aromatic nitrogens is 3. The van der Waals surface area contributed by atoms with Crippen LogP contribution in [-0.2, 0) is 5.88 Å². The summed E-state index contributed by atoms with van der Waals surface area (Å²) < 4.78 is 15.1. The minimum absolute atomic E-state index is 0.0151. The minimum atomic E-state index is -0.243. The highest BCUT2D eigenvalue weighted by Gasteiger charge is 2.18. The molecule has 0 spiro atoms. The summed E-state index contributed by atoms with van der Waals surface area (Å²) in [5, 5.41) is 0. The second-order valence-corrected chi connectivity index (χ2v) is 5.33. The van der Waals surface area contributed by atoms with Crippen molar-refractivity contribution >= 4 is 22.8 Å². The van der Waals surface area contributed by atoms with Crippen molar-refractivity contribution in [3.63, 3.8) is 0 Å². The van der Waals surface area contributed by atoms with Gasteiger partial charge in [-0.05, 0) is 43.2 Å². The van der Waals surface area contributed by atoms with Gasteiger partial charge in [0.15, 0.2) is 5.65 Å². The zero-order valence-electron chi connectivity index (χ0n) is 11.8. The summed E-state index contributed by atoms with van der Waals surface area (Å²) in [7, 11) is 0. The molecule has 2 heterocycles. The van der Waals surface area contributed by atoms with Gasteiger partial charge in [0.05, 0.1) is 11.9 Å². The van der Waals surface area contributed by atoms with Crippen LogP contribution in [0.1, 0.15) is 29.9 Å². The highest BCUT2D eigenvalue weighted by Crippen LogP contribution is 2.27. The Kier molecular flexibility index (Phi) is 3.64. The zero-order valence-corrected chi connectivity index (χ0v) is 12.6. The highest BCUT2D eigenvalue weighted by molar-refractivity contribution is 6.16. The van der Waals surface area contributed by atoms with Gasteiger partial charge < -0.3 is 4.57 Å². The second-order valence-electron chi connectivity index (χ2n) is 5.06. The fourth-order valence-electron chi connectivity index (χ4n) is 2.55. The van der Waals surface area contributed by atoms with Gasteiger partial charge in [0.2, 0.25) is 0 Å². The molecule has 0 aliphatic rings. The first-order valence-corrected chi connectivity index (χ1v) is 7.29. The number of imidazole rings is 1. The summed E-state index contributed by atoms with van der Waals surface area (Å²) in [6.07, 6.45) is 1.77. The Morgan fingerprint density at radius 1 is 1.24 bits per heavy atom. The van der Waals surface area contributed by atoms with Gasteiger partial charge in [-0.2, -0.15) is 0 Å². The Hall–Kier alpha value is -1.94. The maximum absolute atomic E-state index is 13.1. The molecule has 3 nitrogen and oxygen atoms in total. The average Bonchev–Trinajstić information content (AvgIpc) is 2.87. The lowest BCUT2D eigenvalue weighted by Gasteiger charge is -2.17. The van der Waals surface area contributed by atoms with E-state index in [0.717, 1.165) is 28.1 Å². The van der Waals surface area contributed by atoms with Gasteiger partial charge in [0.1, 0.15) is 17.2 Å². The first-order chi connectivity index (χ1) is 10.1. The Morgan fingerprint density at radius 2 is 1.95 bits per heavy atom. The van der Waals surface area contributed by atoms with E-state index in [1.165, 1.54) is 12.1 Å². The molecule has 0 aliphatic heterocycles. The van der Waals surface area contributed by atoms with Crippen LogP contribution in [0.5, 0.6) is 0 Å². The molecule has 3 rings (SSSR count). The third-order valence-corrected chi connectivity index (χ3v) is 3.95. The first kappa shape index (κ1) is 14.0. The summed E-state index contributed by atoms with van der Waals surface area (Å²) in [5.41, 5.74) is 3.73. The number of hydrogen-bond acceptors (Lipinski definition) is 2. The van der Waals surface area contributed by atoms with Gasteiger partial charge >= 0.3 is 0 Å². The maximum atomic E-state index is 13.1. The highest BCUT2D eigenvalue weighted by atomic mass is 35.5. The van der Waals surface area contributed by atoms with Crippen LogP contribution in [0.15, 0.2) is 36.5 Å². The molecule has 21 heavy (non-hydrogen) atoms. The van der Waals surface area contributed by atoms with Crippen molar-refractivity contribution in [2.75, 3.05) is 0 Å². The van der Waals surface area contributed by atoms with Crippen molar-refractivity contribution in [3.05, 3.63) is 59.3 Å². The SMILES string of the molecule is Cc1ccnc2c1nc(CCl)n2C(C)c1ccc(F)cc1. The maximum Gasteiger partial charge on any atom is 0.160 e. The van der Waals surface area contributed by atoms with Crippen LogP contribution in [0.3, 0.4) is 0 Å². The summed E-state index contributed by atoms with van der Waals surface area (Å²) >= 11 is 6.04. The molecule has 5 heteroatoms. The van der Waals surface area contributed by atoms with E-state index in [9.17, 15) is 4.39 Å². The fourth-order valence-corrected chi connectivity index (χ4v) is 2.74. The van der Waals surface area contributed by atoms with E-state index >= 15 is 0 Å². The smallest absolute Gasteiger partial charge is 0.160 e. The fraction of sp³-hybridized carbons (Fsp3) is 0.250. The molecule has 1 aromatic carbocycles. The molecule has 3 aromatic rings. The summed E-state index contributed by atoms with van der Waals surface area (Å²) in [6, 6.07) is 8.40. The number of pyridine rings is 1. The third-order valence-electron chi connectivity index (χ3n) is 3.71. The molecule has 1 atom stereocenters. The van der Waals surface area contributed by atoms with Crippen LogP contribution in [0.25, 0.3) is 11.2 Å². The van der Waals surface area contributed by atoms with E-state index in [4.69, 9.17) is 11.6 Å². The molecule has 0 fully saturated rings. The molecule has 0 bridgehead atoms. The molecule has 0 saturated carbocycles. The zero-order chi connectivity index (χ0) is 15.0. The summed E-state index contributed by atoms with van der Waals surface area (Å²) in [6.45, 7) is 4.04. The van der Waals surface area contributed by atoms with E-state index in [1.807, 2.05) is 24.5 Å². The number of halogens is 2. The van der Waals surface area contributed by atoms with Crippen LogP contribution in [0.2, 0.25) is 0 Å². The quantitative estimate of drug-likeness (QED) is 0.678. The number of hydrogen-bond donors (Lipinski definition) is 0. The molecule has 0 N–H and O–H groups in total. The monoisotopic (exact) mass is 303 g/mol. The lowest BCUT2D eigenvalue weighted by molar-refractivity contribution is 0.612. The van der Waals surface area contributed by atoms with Gasteiger partial charge in [0, 0.05) is 6.20 Å². The van der Waals surface area contributed by atoms with Crippen molar-refractivity contribution in [2.45, 2.75) is 25.8 Å². The van der Waals surface area contributed by atoms with Crippen LogP contribution in [-0.4, -0.2) is 14.5 Å². The van der Waals surface area contributed by atoms with Crippen molar-refractivity contribution in [3.8, 4) is 0 Å². The molecule has 0 saturated heterocycles. The Morgan fingerprint density at radius 3 is 2.62 bits per heavy atom. The van der Waals surface area contributed by atoms with E-state index in [2.05, 4.69) is 9.97 Å². The molecule has 108 valence electrons. The van der Waals surface area contributed by atoms with Gasteiger partial charge in [0.25, 0.3) is 0 Å². The number of rotatable bonds is 3. The Labute approximate surface area is 127 Å². The normalized spacial score (nSPS) is 12.8. The summed E-state index contributed by atoms with van der Waals surface area (Å²) in [4.78, 5) is 9.03. The molecular weight excluding hydrogens is 289 g/mol. The number of fused-ring (bicyclic) bond motifs is 1. The molecule has 0 aliphatic carbocycles. The largest absolute Gasteiger partial charge is 0.304 e. The lowest BCUT2D eigenvalue weighted by Crippen LogP contribution is -2.10. The van der Waals surface area contributed by atoms with Crippen molar-refractivity contribution < 1.29 is 4.39 Å². The van der Waals surface area contributed by atoms with E-state index < -0.39 is 0 Å². The van der Waals surface area contributed by atoms with E-state index in [-0.39, 0.29) is 11.9 Å². The standard InChI is InChI=1S/C16H15ClFN3/c1-10-7-8-19-16-15(10)20-14(9-17)21(16)11(2)12-3-5-13(18)6-4-12/h3-8,11H,9H2,1-2H3. The van der Waals surface area contributed by atoms with E-state index in [0.29, 0.717) is 5.88 Å². The van der Waals surface area contributed by atoms with Crippen LogP contribution in [0.4, 0.5) is 4.39 Å². The topological polar surface area (TPSA) is 30.7 Å². The Bertz CT molecular complexity index is 780. The predicted molar refractivity (Wildman–Crippen MR) is 82.0 cm³/mol. The van der Waals surface area contributed by atoms with Gasteiger partial charge in [-0.25, -0.2) is 14.4 Å². The molecule has 0 radical (unpaired) electrons. The van der Waals surface area contributed by atoms with Gasteiger partial charge in [-0.15, -0.1) is 11.6 Å². The van der Waals surface area contributed by atoms with Crippen LogP contribution in [0, 0.1) is 12.7 Å². The molecular formula is C16H15ClFN3.